The second kappa shape index (κ2) is 9.59. The molecule has 1 atom stereocenters. The van der Waals surface area contributed by atoms with Crippen molar-refractivity contribution in [3.63, 3.8) is 0 Å². The maximum atomic E-state index is 12.9. The van der Waals surface area contributed by atoms with Gasteiger partial charge < -0.3 is 14.4 Å². The average Bonchev–Trinajstić information content (AvgIpc) is 3.15. The maximum Gasteiger partial charge on any atom is 0.260 e. The van der Waals surface area contributed by atoms with Crippen LogP contribution in [0.15, 0.2) is 59.5 Å². The fourth-order valence-corrected chi connectivity index (χ4v) is 5.08. The Labute approximate surface area is 178 Å². The maximum absolute atomic E-state index is 12.9. The van der Waals surface area contributed by atoms with Crippen molar-refractivity contribution < 1.29 is 22.7 Å². The SMILES string of the molecule is COCCC1(NS(=O)(=O)c2ccccc2)CCN(C(=O)COc2cccc(C)c2)C1. The number of nitrogens with zero attached hydrogens (tertiary/aromatic N) is 1. The van der Waals surface area contributed by atoms with Crippen LogP contribution in [0.3, 0.4) is 0 Å². The van der Waals surface area contributed by atoms with Gasteiger partial charge in [0, 0.05) is 26.8 Å². The molecule has 1 heterocycles. The highest BCUT2D eigenvalue weighted by molar-refractivity contribution is 7.89. The van der Waals surface area contributed by atoms with E-state index in [2.05, 4.69) is 4.72 Å². The molecular formula is C22H28N2O5S. The number of likely N-dealkylation sites (tertiary alicyclic amines) is 1. The Morgan fingerprint density at radius 1 is 1.17 bits per heavy atom. The number of aryl methyl sites for hydroxylation is 1. The number of rotatable bonds is 9. The van der Waals surface area contributed by atoms with E-state index in [9.17, 15) is 13.2 Å². The monoisotopic (exact) mass is 432 g/mol. The minimum Gasteiger partial charge on any atom is -0.484 e. The van der Waals surface area contributed by atoms with Gasteiger partial charge in [0.05, 0.1) is 10.4 Å². The molecule has 1 aliphatic rings. The van der Waals surface area contributed by atoms with Gasteiger partial charge in [-0.3, -0.25) is 4.79 Å². The van der Waals surface area contributed by atoms with Gasteiger partial charge in [0.1, 0.15) is 5.75 Å². The third-order valence-electron chi connectivity index (χ3n) is 5.25. The molecule has 1 N–H and O–H groups in total. The van der Waals surface area contributed by atoms with Crippen LogP contribution in [-0.4, -0.2) is 58.2 Å². The van der Waals surface area contributed by atoms with Crippen molar-refractivity contribution in [3.8, 4) is 5.75 Å². The standard InChI is InChI=1S/C22H28N2O5S/c1-18-7-6-8-19(15-18)29-16-21(25)24-13-11-22(17-24,12-14-28-2)23-30(26,27)20-9-4-3-5-10-20/h3-10,15,23H,11-14,16-17H2,1-2H3. The molecule has 1 saturated heterocycles. The van der Waals surface area contributed by atoms with Gasteiger partial charge in [-0.05, 0) is 49.6 Å². The van der Waals surface area contributed by atoms with Gasteiger partial charge in [0.15, 0.2) is 6.61 Å². The van der Waals surface area contributed by atoms with Crippen LogP contribution in [0.2, 0.25) is 0 Å². The van der Waals surface area contributed by atoms with Gasteiger partial charge in [-0.25, -0.2) is 13.1 Å². The van der Waals surface area contributed by atoms with Gasteiger partial charge in [-0.15, -0.1) is 0 Å². The summed E-state index contributed by atoms with van der Waals surface area (Å²) in [5.41, 5.74) is 0.277. The van der Waals surface area contributed by atoms with Gasteiger partial charge in [0.25, 0.3) is 5.91 Å². The minimum absolute atomic E-state index is 0.0880. The van der Waals surface area contributed by atoms with Crippen molar-refractivity contribution in [3.05, 3.63) is 60.2 Å². The summed E-state index contributed by atoms with van der Waals surface area (Å²) >= 11 is 0. The smallest absolute Gasteiger partial charge is 0.260 e. The van der Waals surface area contributed by atoms with Crippen LogP contribution in [0, 0.1) is 6.92 Å². The third-order valence-corrected chi connectivity index (χ3v) is 6.84. The van der Waals surface area contributed by atoms with Crippen LogP contribution >= 0.6 is 0 Å². The normalized spacial score (nSPS) is 19.1. The lowest BCUT2D eigenvalue weighted by atomic mass is 9.96. The summed E-state index contributed by atoms with van der Waals surface area (Å²) in [5.74, 6) is 0.465. The Hall–Kier alpha value is -2.42. The molecule has 0 radical (unpaired) electrons. The largest absolute Gasteiger partial charge is 0.484 e. The van der Waals surface area contributed by atoms with Crippen molar-refractivity contribution in [2.24, 2.45) is 0 Å². The highest BCUT2D eigenvalue weighted by Gasteiger charge is 2.42. The number of hydrogen-bond acceptors (Lipinski definition) is 5. The number of carbonyl (C=O) groups excluding carboxylic acids is 1. The van der Waals surface area contributed by atoms with Gasteiger partial charge >= 0.3 is 0 Å². The van der Waals surface area contributed by atoms with Crippen LogP contribution < -0.4 is 9.46 Å². The molecule has 2 aromatic rings. The van der Waals surface area contributed by atoms with Gasteiger partial charge in [-0.1, -0.05) is 30.3 Å². The van der Waals surface area contributed by atoms with Crippen LogP contribution in [0.1, 0.15) is 18.4 Å². The molecular weight excluding hydrogens is 404 g/mol. The Balaban J connectivity index is 1.68. The number of hydrogen-bond donors (Lipinski definition) is 1. The van der Waals surface area contributed by atoms with E-state index >= 15 is 0 Å². The third kappa shape index (κ3) is 5.59. The van der Waals surface area contributed by atoms with Crippen LogP contribution in [0.5, 0.6) is 5.75 Å². The predicted octanol–water partition coefficient (Wildman–Crippen LogP) is 2.36. The molecule has 1 unspecified atom stereocenters. The summed E-state index contributed by atoms with van der Waals surface area (Å²) in [5, 5.41) is 0. The molecule has 0 aromatic heterocycles. The highest BCUT2D eigenvalue weighted by Crippen LogP contribution is 2.28. The molecule has 3 rings (SSSR count). The van der Waals surface area contributed by atoms with E-state index in [1.54, 1.807) is 48.4 Å². The first-order chi connectivity index (χ1) is 14.3. The first-order valence-electron chi connectivity index (χ1n) is 9.89. The summed E-state index contributed by atoms with van der Waals surface area (Å²) < 4.78 is 39.5. The Kier molecular flexibility index (Phi) is 7.12. The fourth-order valence-electron chi connectivity index (χ4n) is 3.61. The number of amides is 1. The Morgan fingerprint density at radius 2 is 1.93 bits per heavy atom. The predicted molar refractivity (Wildman–Crippen MR) is 114 cm³/mol. The van der Waals surface area contributed by atoms with Crippen molar-refractivity contribution in [1.82, 2.24) is 9.62 Å². The fraction of sp³-hybridized carbons (Fsp3) is 0.409. The highest BCUT2D eigenvalue weighted by atomic mass is 32.2. The number of carbonyl (C=O) groups is 1. The van der Waals surface area contributed by atoms with E-state index in [0.29, 0.717) is 31.7 Å². The number of nitrogens with one attached hydrogen (secondary N) is 1. The molecule has 0 spiro atoms. The zero-order valence-corrected chi connectivity index (χ0v) is 18.2. The number of sulfonamides is 1. The second-order valence-electron chi connectivity index (χ2n) is 7.61. The molecule has 2 aromatic carbocycles. The van der Waals surface area contributed by atoms with Crippen molar-refractivity contribution in [2.45, 2.75) is 30.2 Å². The van der Waals surface area contributed by atoms with Crippen LogP contribution in [-0.2, 0) is 19.6 Å². The zero-order chi connectivity index (χ0) is 21.6. The van der Waals surface area contributed by atoms with Crippen LogP contribution in [0.25, 0.3) is 0 Å². The summed E-state index contributed by atoms with van der Waals surface area (Å²) in [7, 11) is -2.14. The molecule has 7 nitrogen and oxygen atoms in total. The molecule has 1 fully saturated rings. The molecule has 30 heavy (non-hydrogen) atoms. The number of ether oxygens (including phenoxy) is 2. The topological polar surface area (TPSA) is 84.9 Å². The van der Waals surface area contributed by atoms with Crippen molar-refractivity contribution in [2.75, 3.05) is 33.4 Å². The van der Waals surface area contributed by atoms with E-state index in [1.165, 1.54) is 0 Å². The molecule has 1 amide bonds. The first kappa shape index (κ1) is 22.3. The lowest BCUT2D eigenvalue weighted by molar-refractivity contribution is -0.132. The Bertz CT molecular complexity index is 965. The molecule has 1 aliphatic heterocycles. The lowest BCUT2D eigenvalue weighted by Gasteiger charge is -2.30. The van der Waals surface area contributed by atoms with E-state index in [4.69, 9.17) is 9.47 Å². The van der Waals surface area contributed by atoms with E-state index in [1.807, 2.05) is 25.1 Å². The van der Waals surface area contributed by atoms with E-state index in [-0.39, 0.29) is 24.0 Å². The molecule has 0 saturated carbocycles. The molecule has 8 heteroatoms. The van der Waals surface area contributed by atoms with Crippen molar-refractivity contribution >= 4 is 15.9 Å². The van der Waals surface area contributed by atoms with Crippen molar-refractivity contribution in [1.29, 1.82) is 0 Å². The summed E-state index contributed by atoms with van der Waals surface area (Å²) in [4.78, 5) is 14.5. The summed E-state index contributed by atoms with van der Waals surface area (Å²) in [6, 6.07) is 15.8. The molecule has 162 valence electrons. The summed E-state index contributed by atoms with van der Waals surface area (Å²) in [6.07, 6.45) is 0.983. The van der Waals surface area contributed by atoms with Gasteiger partial charge in [0.2, 0.25) is 10.0 Å². The van der Waals surface area contributed by atoms with E-state index < -0.39 is 15.6 Å². The number of benzene rings is 2. The minimum atomic E-state index is -3.72. The zero-order valence-electron chi connectivity index (χ0n) is 17.3. The quantitative estimate of drug-likeness (QED) is 0.658. The number of methoxy groups -OCH3 is 1. The molecule has 0 bridgehead atoms. The lowest BCUT2D eigenvalue weighted by Crippen LogP contribution is -2.51. The molecule has 0 aliphatic carbocycles. The second-order valence-corrected chi connectivity index (χ2v) is 9.29. The van der Waals surface area contributed by atoms with Crippen LogP contribution in [0.4, 0.5) is 0 Å². The first-order valence-corrected chi connectivity index (χ1v) is 11.4. The Morgan fingerprint density at radius 3 is 2.63 bits per heavy atom. The average molecular weight is 433 g/mol. The van der Waals surface area contributed by atoms with E-state index in [0.717, 1.165) is 5.56 Å². The van der Waals surface area contributed by atoms with Gasteiger partial charge in [-0.2, -0.15) is 0 Å². The summed E-state index contributed by atoms with van der Waals surface area (Å²) in [6.45, 7) is 2.99.